The molecule has 0 radical (unpaired) electrons. The highest BCUT2D eigenvalue weighted by molar-refractivity contribution is 7.99. The molecule has 0 aromatic carbocycles. The van der Waals surface area contributed by atoms with Crippen LogP contribution in [0.3, 0.4) is 0 Å². The third kappa shape index (κ3) is 3.83. The Balaban J connectivity index is 1.84. The molecule has 3 N–H and O–H groups in total. The van der Waals surface area contributed by atoms with Gasteiger partial charge in [0.15, 0.2) is 0 Å². The molecule has 0 saturated carbocycles. The predicted octanol–water partition coefficient (Wildman–Crippen LogP) is 1.18. The summed E-state index contributed by atoms with van der Waals surface area (Å²) in [7, 11) is 0. The number of nitrogens with two attached hydrogens (primary N) is 1. The molecule has 0 unspecified atom stereocenters. The molecule has 2 rings (SSSR count). The molecule has 98 valence electrons. The molecular weight excluding hydrogens is 264 g/mol. The quantitative estimate of drug-likeness (QED) is 0.791. The van der Waals surface area contributed by atoms with Gasteiger partial charge in [0.1, 0.15) is 4.99 Å². The Morgan fingerprint density at radius 1 is 1.50 bits per heavy atom. The highest BCUT2D eigenvalue weighted by Gasteiger charge is 2.10. The lowest BCUT2D eigenvalue weighted by Gasteiger charge is -2.26. The predicted molar refractivity (Wildman–Crippen MR) is 82.4 cm³/mol. The molecule has 2 heterocycles. The average Bonchev–Trinajstić information content (AvgIpc) is 2.40. The number of pyridine rings is 1. The Kier molecular flexibility index (Phi) is 5.22. The van der Waals surface area contributed by atoms with Crippen molar-refractivity contribution in [1.29, 1.82) is 0 Å². The second kappa shape index (κ2) is 6.92. The number of anilines is 1. The smallest absolute Gasteiger partial charge is 0.106 e. The number of rotatable bonds is 5. The van der Waals surface area contributed by atoms with Gasteiger partial charge in [-0.2, -0.15) is 11.8 Å². The minimum atomic E-state index is 0.411. The van der Waals surface area contributed by atoms with Crippen molar-refractivity contribution in [3.05, 3.63) is 24.0 Å². The molecule has 0 atom stereocenters. The summed E-state index contributed by atoms with van der Waals surface area (Å²) in [6, 6.07) is 1.85. The molecule has 1 fully saturated rings. The van der Waals surface area contributed by atoms with E-state index in [-0.39, 0.29) is 0 Å². The number of thioether (sulfide) groups is 1. The summed E-state index contributed by atoms with van der Waals surface area (Å²) in [5.74, 6) is 2.48. The van der Waals surface area contributed by atoms with Gasteiger partial charge < -0.3 is 11.1 Å². The Labute approximate surface area is 117 Å². The van der Waals surface area contributed by atoms with Crippen molar-refractivity contribution in [3.63, 3.8) is 0 Å². The summed E-state index contributed by atoms with van der Waals surface area (Å²) >= 11 is 7.05. The highest BCUT2D eigenvalue weighted by atomic mass is 32.2. The number of aromatic nitrogens is 1. The standard InChI is InChI=1S/C12H18N4S2/c13-12(17)10-1-2-14-9-11(10)15-3-4-16-5-7-18-8-6-16/h1-2,9,15H,3-8H2,(H2,13,17). The minimum absolute atomic E-state index is 0.411. The maximum absolute atomic E-state index is 5.68. The van der Waals surface area contributed by atoms with Crippen LogP contribution in [-0.4, -0.2) is 52.6 Å². The molecule has 1 aromatic rings. The molecule has 4 nitrogen and oxygen atoms in total. The van der Waals surface area contributed by atoms with E-state index in [1.165, 1.54) is 24.6 Å². The van der Waals surface area contributed by atoms with E-state index < -0.39 is 0 Å². The summed E-state index contributed by atoms with van der Waals surface area (Å²) in [6.07, 6.45) is 3.49. The zero-order valence-electron chi connectivity index (χ0n) is 10.3. The molecule has 0 spiro atoms. The molecule has 0 amide bonds. The number of nitrogens with zero attached hydrogens (tertiary/aromatic N) is 2. The van der Waals surface area contributed by atoms with Crippen LogP contribution >= 0.6 is 24.0 Å². The Bertz CT molecular complexity index is 405. The Morgan fingerprint density at radius 3 is 3.00 bits per heavy atom. The lowest BCUT2D eigenvalue weighted by molar-refractivity contribution is 0.314. The van der Waals surface area contributed by atoms with Gasteiger partial charge in [-0.3, -0.25) is 9.88 Å². The third-order valence-corrected chi connectivity index (χ3v) is 4.10. The zero-order chi connectivity index (χ0) is 12.8. The normalized spacial score (nSPS) is 16.4. The van der Waals surface area contributed by atoms with Crippen LogP contribution in [0.4, 0.5) is 5.69 Å². The molecule has 1 aliphatic rings. The number of hydrogen-bond acceptors (Lipinski definition) is 5. The van der Waals surface area contributed by atoms with E-state index >= 15 is 0 Å². The van der Waals surface area contributed by atoms with Crippen LogP contribution < -0.4 is 11.1 Å². The van der Waals surface area contributed by atoms with Crippen molar-refractivity contribution in [1.82, 2.24) is 9.88 Å². The summed E-state index contributed by atoms with van der Waals surface area (Å²) < 4.78 is 0. The van der Waals surface area contributed by atoms with Gasteiger partial charge in [0.25, 0.3) is 0 Å². The fourth-order valence-corrected chi connectivity index (χ4v) is 3.08. The lowest BCUT2D eigenvalue weighted by Crippen LogP contribution is -2.36. The van der Waals surface area contributed by atoms with Crippen molar-refractivity contribution in [2.24, 2.45) is 5.73 Å². The van der Waals surface area contributed by atoms with Crippen LogP contribution in [0.15, 0.2) is 18.5 Å². The highest BCUT2D eigenvalue weighted by Crippen LogP contribution is 2.13. The van der Waals surface area contributed by atoms with Gasteiger partial charge in [-0.15, -0.1) is 0 Å². The second-order valence-corrected chi connectivity index (χ2v) is 5.83. The zero-order valence-corrected chi connectivity index (χ0v) is 11.9. The van der Waals surface area contributed by atoms with E-state index in [0.717, 1.165) is 24.3 Å². The molecule has 1 aromatic heterocycles. The first kappa shape index (κ1) is 13.6. The summed E-state index contributed by atoms with van der Waals surface area (Å²) in [5, 5.41) is 3.36. The van der Waals surface area contributed by atoms with Crippen molar-refractivity contribution in [3.8, 4) is 0 Å². The van der Waals surface area contributed by atoms with Crippen LogP contribution in [0.1, 0.15) is 5.56 Å². The van der Waals surface area contributed by atoms with E-state index in [9.17, 15) is 0 Å². The van der Waals surface area contributed by atoms with Crippen LogP contribution in [0, 0.1) is 0 Å². The average molecular weight is 282 g/mol. The van der Waals surface area contributed by atoms with Crippen LogP contribution in [0.25, 0.3) is 0 Å². The van der Waals surface area contributed by atoms with Gasteiger partial charge in [0.05, 0.1) is 11.9 Å². The van der Waals surface area contributed by atoms with E-state index in [1.54, 1.807) is 12.4 Å². The van der Waals surface area contributed by atoms with Crippen molar-refractivity contribution < 1.29 is 0 Å². The molecule has 1 saturated heterocycles. The first-order chi connectivity index (χ1) is 8.77. The van der Waals surface area contributed by atoms with Gasteiger partial charge in [-0.25, -0.2) is 0 Å². The molecule has 1 aliphatic heterocycles. The fraction of sp³-hybridized carbons (Fsp3) is 0.500. The van der Waals surface area contributed by atoms with E-state index in [1.807, 2.05) is 17.8 Å². The number of thiocarbonyl (C=S) groups is 1. The molecule has 0 aliphatic carbocycles. The monoisotopic (exact) mass is 282 g/mol. The molecular formula is C12H18N4S2. The van der Waals surface area contributed by atoms with Crippen molar-refractivity contribution in [2.45, 2.75) is 0 Å². The third-order valence-electron chi connectivity index (χ3n) is 2.93. The molecule has 18 heavy (non-hydrogen) atoms. The van der Waals surface area contributed by atoms with Crippen LogP contribution in [0.5, 0.6) is 0 Å². The maximum Gasteiger partial charge on any atom is 0.106 e. The van der Waals surface area contributed by atoms with Crippen LogP contribution in [-0.2, 0) is 0 Å². The Morgan fingerprint density at radius 2 is 2.28 bits per heavy atom. The minimum Gasteiger partial charge on any atom is -0.389 e. The number of hydrogen-bond donors (Lipinski definition) is 2. The lowest BCUT2D eigenvalue weighted by atomic mass is 10.2. The summed E-state index contributed by atoms with van der Waals surface area (Å²) in [5.41, 5.74) is 7.48. The first-order valence-corrected chi connectivity index (χ1v) is 7.61. The Hall–Kier alpha value is -0.850. The van der Waals surface area contributed by atoms with Crippen LogP contribution in [0.2, 0.25) is 0 Å². The maximum atomic E-state index is 5.68. The van der Waals surface area contributed by atoms with E-state index in [2.05, 4.69) is 15.2 Å². The summed E-state index contributed by atoms with van der Waals surface area (Å²) in [6.45, 7) is 4.31. The van der Waals surface area contributed by atoms with Gasteiger partial charge in [0, 0.05) is 49.4 Å². The molecule has 0 bridgehead atoms. The fourth-order valence-electron chi connectivity index (χ4n) is 1.92. The largest absolute Gasteiger partial charge is 0.389 e. The molecule has 6 heteroatoms. The first-order valence-electron chi connectivity index (χ1n) is 6.05. The van der Waals surface area contributed by atoms with Gasteiger partial charge in [-0.1, -0.05) is 12.2 Å². The summed E-state index contributed by atoms with van der Waals surface area (Å²) in [4.78, 5) is 6.98. The van der Waals surface area contributed by atoms with Gasteiger partial charge in [0.2, 0.25) is 0 Å². The van der Waals surface area contributed by atoms with Crippen molar-refractivity contribution >= 4 is 34.7 Å². The number of nitrogens with one attached hydrogen (secondary N) is 1. The van der Waals surface area contributed by atoms with Gasteiger partial charge in [-0.05, 0) is 6.07 Å². The van der Waals surface area contributed by atoms with Crippen molar-refractivity contribution in [2.75, 3.05) is 43.0 Å². The van der Waals surface area contributed by atoms with E-state index in [4.69, 9.17) is 18.0 Å². The SMILES string of the molecule is NC(=S)c1ccncc1NCCN1CCSCC1. The second-order valence-electron chi connectivity index (χ2n) is 4.17. The van der Waals surface area contributed by atoms with Gasteiger partial charge >= 0.3 is 0 Å². The van der Waals surface area contributed by atoms with E-state index in [0.29, 0.717) is 4.99 Å². The topological polar surface area (TPSA) is 54.2 Å².